The van der Waals surface area contributed by atoms with Gasteiger partial charge in [0.1, 0.15) is 6.54 Å². The van der Waals surface area contributed by atoms with Crippen molar-refractivity contribution in [2.45, 2.75) is 42.4 Å². The molecule has 0 saturated heterocycles. The van der Waals surface area contributed by atoms with E-state index in [4.69, 9.17) is 27.9 Å². The number of nitrogens with zero attached hydrogens (tertiary/aromatic N) is 4. The third kappa shape index (κ3) is 6.69. The molecule has 32 heavy (non-hydrogen) atoms. The second-order valence-corrected chi connectivity index (χ2v) is 8.51. The van der Waals surface area contributed by atoms with E-state index < -0.39 is 12.1 Å². The molecule has 0 aliphatic carbocycles. The van der Waals surface area contributed by atoms with Crippen LogP contribution < -0.4 is 5.32 Å². The number of carbonyl (C=O) groups is 2. The quantitative estimate of drug-likeness (QED) is 0.445. The molecule has 0 spiro atoms. The number of alkyl carbamates (subject to hydrolysis) is 1. The van der Waals surface area contributed by atoms with Crippen LogP contribution in [0.25, 0.3) is 0 Å². The lowest BCUT2D eigenvalue weighted by atomic mass is 10.1. The Labute approximate surface area is 199 Å². The average Bonchev–Trinajstić information content (AvgIpc) is 3.22. The smallest absolute Gasteiger partial charge is 0.407 e. The maximum Gasteiger partial charge on any atom is 0.407 e. The van der Waals surface area contributed by atoms with Crippen molar-refractivity contribution in [2.75, 3.05) is 6.61 Å². The predicted molar refractivity (Wildman–Crippen MR) is 122 cm³/mol. The minimum absolute atomic E-state index is 0.125. The molecule has 1 atom stereocenters. The molecule has 0 aliphatic rings. The number of hydrogen-bond donors (Lipinski definition) is 1. The van der Waals surface area contributed by atoms with Crippen molar-refractivity contribution in [1.82, 2.24) is 25.5 Å². The Bertz CT molecular complexity index is 1040. The molecule has 3 rings (SSSR count). The maximum absolute atomic E-state index is 12.8. The van der Waals surface area contributed by atoms with Crippen molar-refractivity contribution in [2.24, 2.45) is 0 Å². The summed E-state index contributed by atoms with van der Waals surface area (Å²) in [5.74, 6) is -0.257. The number of ether oxygens (including phenoxy) is 1. The molecule has 0 radical (unpaired) electrons. The van der Waals surface area contributed by atoms with Gasteiger partial charge < -0.3 is 10.1 Å². The van der Waals surface area contributed by atoms with E-state index in [1.54, 1.807) is 25.1 Å². The Morgan fingerprint density at radius 1 is 1.12 bits per heavy atom. The van der Waals surface area contributed by atoms with E-state index in [0.29, 0.717) is 32.9 Å². The molecule has 0 bridgehead atoms. The Morgan fingerprint density at radius 3 is 2.53 bits per heavy atom. The highest BCUT2D eigenvalue weighted by atomic mass is 35.5. The van der Waals surface area contributed by atoms with Crippen LogP contribution in [0.1, 0.15) is 18.9 Å². The Morgan fingerprint density at radius 2 is 1.84 bits per heavy atom. The van der Waals surface area contributed by atoms with Gasteiger partial charge in [-0.25, -0.2) is 9.48 Å². The summed E-state index contributed by atoms with van der Waals surface area (Å²) in [6.45, 7) is 1.89. The molecule has 1 heterocycles. The lowest BCUT2D eigenvalue weighted by Gasteiger charge is -2.16. The average molecular weight is 494 g/mol. The van der Waals surface area contributed by atoms with Crippen LogP contribution in [0.4, 0.5) is 4.79 Å². The number of halogens is 2. The van der Waals surface area contributed by atoms with Crippen molar-refractivity contribution in [3.63, 3.8) is 0 Å². The molecule has 11 heteroatoms. The largest absolute Gasteiger partial charge is 0.449 e. The molecule has 168 valence electrons. The van der Waals surface area contributed by atoms with Crippen molar-refractivity contribution in [1.29, 1.82) is 0 Å². The third-order valence-corrected chi connectivity index (χ3v) is 6.45. The van der Waals surface area contributed by atoms with E-state index in [2.05, 4.69) is 20.8 Å². The molecule has 1 amide bonds. The molecule has 0 fully saturated rings. The molecule has 3 aromatic rings. The number of hydrogen-bond acceptors (Lipinski definition) is 7. The first-order chi connectivity index (χ1) is 15.5. The second kappa shape index (κ2) is 11.8. The molecular formula is C21H21Cl2N5O3S. The third-order valence-electron chi connectivity index (χ3n) is 4.47. The minimum atomic E-state index is -0.731. The number of ketones is 1. The first-order valence-electron chi connectivity index (χ1n) is 9.86. The van der Waals surface area contributed by atoms with Crippen LogP contribution in [0, 0.1) is 0 Å². The zero-order valence-corrected chi connectivity index (χ0v) is 19.5. The normalized spacial score (nSPS) is 11.7. The van der Waals surface area contributed by atoms with Gasteiger partial charge in [0.2, 0.25) is 5.16 Å². The second-order valence-electron chi connectivity index (χ2n) is 6.71. The minimum Gasteiger partial charge on any atom is -0.449 e. The number of carbonyl (C=O) groups excluding carboxylic acids is 2. The lowest BCUT2D eigenvalue weighted by molar-refractivity contribution is -0.122. The van der Waals surface area contributed by atoms with Gasteiger partial charge in [-0.15, -0.1) is 5.10 Å². The number of aromatic nitrogens is 4. The lowest BCUT2D eigenvalue weighted by Crippen LogP contribution is -2.42. The van der Waals surface area contributed by atoms with E-state index in [9.17, 15) is 9.59 Å². The van der Waals surface area contributed by atoms with Gasteiger partial charge in [-0.2, -0.15) is 0 Å². The molecule has 0 saturated carbocycles. The number of benzene rings is 2. The molecular weight excluding hydrogens is 473 g/mol. The number of Topliss-reactive ketones (excluding diaryl/α,β-unsaturated/α-hetero) is 1. The van der Waals surface area contributed by atoms with Crippen LogP contribution in [0.15, 0.2) is 58.6 Å². The van der Waals surface area contributed by atoms with Gasteiger partial charge in [-0.05, 0) is 46.3 Å². The van der Waals surface area contributed by atoms with Crippen LogP contribution in [-0.4, -0.2) is 44.7 Å². The SMILES string of the molecule is CCC(NC(=O)OCCc1ccccc1)C(=O)Cn1nnnc1Sc1c(Cl)cccc1Cl. The summed E-state index contributed by atoms with van der Waals surface area (Å²) >= 11 is 13.6. The summed E-state index contributed by atoms with van der Waals surface area (Å²) in [6.07, 6.45) is 0.345. The van der Waals surface area contributed by atoms with Gasteiger partial charge in [-0.3, -0.25) is 4.79 Å². The molecule has 1 N–H and O–H groups in total. The van der Waals surface area contributed by atoms with E-state index in [1.165, 1.54) is 4.68 Å². The summed E-state index contributed by atoms with van der Waals surface area (Å²) < 4.78 is 6.55. The fraction of sp³-hybridized carbons (Fsp3) is 0.286. The Kier molecular flexibility index (Phi) is 8.90. The number of tetrazole rings is 1. The van der Waals surface area contributed by atoms with Crippen LogP contribution in [0.2, 0.25) is 10.0 Å². The highest BCUT2D eigenvalue weighted by Gasteiger charge is 2.22. The summed E-state index contributed by atoms with van der Waals surface area (Å²) in [4.78, 5) is 25.5. The van der Waals surface area contributed by atoms with Crippen molar-refractivity contribution >= 4 is 46.8 Å². The highest BCUT2D eigenvalue weighted by molar-refractivity contribution is 7.99. The molecule has 1 unspecified atom stereocenters. The van der Waals surface area contributed by atoms with Crippen molar-refractivity contribution in [3.05, 3.63) is 64.1 Å². The van der Waals surface area contributed by atoms with Gasteiger partial charge in [0.05, 0.1) is 27.6 Å². The molecule has 8 nitrogen and oxygen atoms in total. The standard InChI is InChI=1S/C21H21Cl2N5O3S/c1-2-17(24-21(30)31-12-11-14-7-4-3-5-8-14)18(29)13-28-20(25-26-27-28)32-19-15(22)9-6-10-16(19)23/h3-10,17H,2,11-13H2,1H3,(H,24,30). The summed E-state index contributed by atoms with van der Waals surface area (Å²) in [7, 11) is 0. The topological polar surface area (TPSA) is 99.0 Å². The van der Waals surface area contributed by atoms with Crippen LogP contribution >= 0.6 is 35.0 Å². The molecule has 2 aromatic carbocycles. The molecule has 0 aliphatic heterocycles. The monoisotopic (exact) mass is 493 g/mol. The van der Waals surface area contributed by atoms with Crippen LogP contribution in [0.5, 0.6) is 0 Å². The van der Waals surface area contributed by atoms with Gasteiger partial charge in [-0.1, -0.05) is 66.5 Å². The number of amides is 1. The van der Waals surface area contributed by atoms with E-state index in [0.717, 1.165) is 17.3 Å². The van der Waals surface area contributed by atoms with Crippen LogP contribution in [-0.2, 0) is 22.5 Å². The van der Waals surface area contributed by atoms with E-state index in [1.807, 2.05) is 30.3 Å². The van der Waals surface area contributed by atoms with E-state index in [-0.39, 0.29) is 18.9 Å². The summed E-state index contributed by atoms with van der Waals surface area (Å²) in [6, 6.07) is 14.1. The van der Waals surface area contributed by atoms with Gasteiger partial charge in [0.25, 0.3) is 0 Å². The zero-order valence-electron chi connectivity index (χ0n) is 17.2. The zero-order chi connectivity index (χ0) is 22.9. The fourth-order valence-electron chi connectivity index (χ4n) is 2.80. The first-order valence-corrected chi connectivity index (χ1v) is 11.4. The van der Waals surface area contributed by atoms with Gasteiger partial charge >= 0.3 is 6.09 Å². The fourth-order valence-corrected chi connectivity index (χ4v) is 4.22. The Hall–Kier alpha value is -2.62. The Balaban J connectivity index is 1.55. The van der Waals surface area contributed by atoms with Crippen molar-refractivity contribution < 1.29 is 14.3 Å². The van der Waals surface area contributed by atoms with Crippen LogP contribution in [0.3, 0.4) is 0 Å². The predicted octanol–water partition coefficient (Wildman–Crippen LogP) is 4.45. The first kappa shape index (κ1) is 24.0. The summed E-state index contributed by atoms with van der Waals surface area (Å²) in [5, 5.41) is 15.3. The van der Waals surface area contributed by atoms with E-state index >= 15 is 0 Å². The van der Waals surface area contributed by atoms with Gasteiger partial charge in [0, 0.05) is 6.42 Å². The highest BCUT2D eigenvalue weighted by Crippen LogP contribution is 2.37. The number of nitrogens with one attached hydrogen (secondary N) is 1. The maximum atomic E-state index is 12.8. The summed E-state index contributed by atoms with van der Waals surface area (Å²) in [5.41, 5.74) is 1.06. The van der Waals surface area contributed by atoms with Gasteiger partial charge in [0.15, 0.2) is 5.78 Å². The molecule has 1 aromatic heterocycles. The number of rotatable bonds is 10. The van der Waals surface area contributed by atoms with Crippen molar-refractivity contribution in [3.8, 4) is 0 Å².